The fourth-order valence-electron chi connectivity index (χ4n) is 2.54. The molecule has 0 saturated carbocycles. The molecule has 0 fully saturated rings. The normalized spacial score (nSPS) is 10.6. The topological polar surface area (TPSA) is 35.1 Å². The monoisotopic (exact) mass is 358 g/mol. The predicted molar refractivity (Wildman–Crippen MR) is 97.4 cm³/mol. The SMILES string of the molecule is COc1cc(C[NH2+]Cc2cccs2)ccc1OCc1ccccc1F. The summed E-state index contributed by atoms with van der Waals surface area (Å²) >= 11 is 1.77. The number of ether oxygens (including phenoxy) is 2. The minimum absolute atomic E-state index is 0.173. The van der Waals surface area contributed by atoms with Crippen molar-refractivity contribution < 1.29 is 19.2 Å². The van der Waals surface area contributed by atoms with Gasteiger partial charge >= 0.3 is 0 Å². The van der Waals surface area contributed by atoms with E-state index in [0.29, 0.717) is 17.1 Å². The maximum Gasteiger partial charge on any atom is 0.161 e. The van der Waals surface area contributed by atoms with Crippen LogP contribution in [0.4, 0.5) is 4.39 Å². The lowest BCUT2D eigenvalue weighted by atomic mass is 10.2. The van der Waals surface area contributed by atoms with Gasteiger partial charge in [0.25, 0.3) is 0 Å². The van der Waals surface area contributed by atoms with E-state index in [9.17, 15) is 4.39 Å². The quantitative estimate of drug-likeness (QED) is 0.666. The van der Waals surface area contributed by atoms with Crippen molar-refractivity contribution >= 4 is 11.3 Å². The van der Waals surface area contributed by atoms with Crippen molar-refractivity contribution in [2.75, 3.05) is 7.11 Å². The smallest absolute Gasteiger partial charge is 0.161 e. The first kappa shape index (κ1) is 17.5. The third kappa shape index (κ3) is 4.81. The van der Waals surface area contributed by atoms with Crippen LogP contribution in [-0.4, -0.2) is 7.11 Å². The van der Waals surface area contributed by atoms with Crippen molar-refractivity contribution in [2.24, 2.45) is 0 Å². The van der Waals surface area contributed by atoms with Crippen molar-refractivity contribution in [1.29, 1.82) is 0 Å². The number of methoxy groups -OCH3 is 1. The Hall–Kier alpha value is -2.37. The molecule has 1 aromatic heterocycles. The Morgan fingerprint density at radius 1 is 1.00 bits per heavy atom. The van der Waals surface area contributed by atoms with Gasteiger partial charge in [0, 0.05) is 11.1 Å². The summed E-state index contributed by atoms with van der Waals surface area (Å²) in [6.45, 7) is 2.00. The number of hydrogen-bond donors (Lipinski definition) is 1. The second-order valence-corrected chi connectivity index (χ2v) is 6.67. The third-order valence-electron chi connectivity index (χ3n) is 3.87. The molecule has 2 aromatic carbocycles. The number of hydrogen-bond acceptors (Lipinski definition) is 3. The Bertz CT molecular complexity index is 805. The summed E-state index contributed by atoms with van der Waals surface area (Å²) in [5, 5.41) is 4.34. The highest BCUT2D eigenvalue weighted by Gasteiger charge is 2.09. The van der Waals surface area contributed by atoms with Crippen LogP contribution in [0.25, 0.3) is 0 Å². The maximum absolute atomic E-state index is 13.7. The zero-order valence-electron chi connectivity index (χ0n) is 14.1. The molecule has 25 heavy (non-hydrogen) atoms. The Balaban J connectivity index is 1.60. The van der Waals surface area contributed by atoms with Crippen LogP contribution < -0.4 is 14.8 Å². The van der Waals surface area contributed by atoms with Gasteiger partial charge in [-0.3, -0.25) is 0 Å². The predicted octanol–water partition coefficient (Wildman–Crippen LogP) is 3.74. The lowest BCUT2D eigenvalue weighted by Crippen LogP contribution is -2.80. The molecule has 3 rings (SSSR count). The van der Waals surface area contributed by atoms with Crippen molar-refractivity contribution in [3.8, 4) is 11.5 Å². The summed E-state index contributed by atoms with van der Waals surface area (Å²) in [6.07, 6.45) is 0. The average Bonchev–Trinajstić information content (AvgIpc) is 3.15. The molecule has 0 atom stereocenters. The lowest BCUT2D eigenvalue weighted by molar-refractivity contribution is -0.685. The molecule has 0 unspecified atom stereocenters. The molecule has 2 N–H and O–H groups in total. The summed E-state index contributed by atoms with van der Waals surface area (Å²) in [6, 6.07) is 16.7. The number of nitrogens with two attached hydrogens (primary N) is 1. The van der Waals surface area contributed by atoms with E-state index in [-0.39, 0.29) is 12.4 Å². The van der Waals surface area contributed by atoms with Crippen LogP contribution in [0.5, 0.6) is 11.5 Å². The van der Waals surface area contributed by atoms with E-state index in [4.69, 9.17) is 9.47 Å². The second-order valence-electron chi connectivity index (χ2n) is 5.64. The van der Waals surface area contributed by atoms with E-state index >= 15 is 0 Å². The van der Waals surface area contributed by atoms with E-state index in [1.54, 1.807) is 36.6 Å². The Labute approximate surface area is 151 Å². The summed E-state index contributed by atoms with van der Waals surface area (Å²) in [5.41, 5.74) is 1.68. The molecule has 0 aliphatic heterocycles. The molecule has 0 saturated heterocycles. The van der Waals surface area contributed by atoms with Gasteiger partial charge in [0.05, 0.1) is 12.0 Å². The van der Waals surface area contributed by atoms with Crippen LogP contribution in [0.3, 0.4) is 0 Å². The molecule has 3 aromatic rings. The highest BCUT2D eigenvalue weighted by atomic mass is 32.1. The van der Waals surface area contributed by atoms with Crippen LogP contribution in [0, 0.1) is 5.82 Å². The molecule has 0 radical (unpaired) electrons. The fraction of sp³-hybridized carbons (Fsp3) is 0.200. The van der Waals surface area contributed by atoms with Crippen molar-refractivity contribution in [3.63, 3.8) is 0 Å². The van der Waals surface area contributed by atoms with Gasteiger partial charge in [0.15, 0.2) is 11.5 Å². The summed E-state index contributed by atoms with van der Waals surface area (Å²) < 4.78 is 24.8. The number of benzene rings is 2. The first-order valence-corrected chi connectivity index (χ1v) is 9.01. The van der Waals surface area contributed by atoms with E-state index in [1.807, 2.05) is 18.2 Å². The van der Waals surface area contributed by atoms with Gasteiger partial charge < -0.3 is 14.8 Å². The second kappa shape index (κ2) is 8.65. The van der Waals surface area contributed by atoms with Crippen LogP contribution in [0.2, 0.25) is 0 Å². The summed E-state index contributed by atoms with van der Waals surface area (Å²) in [7, 11) is 1.62. The minimum Gasteiger partial charge on any atom is -0.493 e. The van der Waals surface area contributed by atoms with Crippen molar-refractivity contribution in [2.45, 2.75) is 19.7 Å². The molecular formula is C20H21FNO2S+. The van der Waals surface area contributed by atoms with Gasteiger partial charge in [-0.15, -0.1) is 11.3 Å². The first-order chi connectivity index (χ1) is 12.3. The van der Waals surface area contributed by atoms with Crippen LogP contribution in [-0.2, 0) is 19.7 Å². The molecule has 0 aliphatic carbocycles. The summed E-state index contributed by atoms with van der Waals surface area (Å²) in [4.78, 5) is 1.36. The number of rotatable bonds is 8. The molecular weight excluding hydrogens is 337 g/mol. The molecule has 0 bridgehead atoms. The Morgan fingerprint density at radius 3 is 2.64 bits per heavy atom. The molecule has 5 heteroatoms. The molecule has 0 amide bonds. The van der Waals surface area contributed by atoms with E-state index in [1.165, 1.54) is 10.9 Å². The minimum atomic E-state index is -0.263. The van der Waals surface area contributed by atoms with E-state index < -0.39 is 0 Å². The Morgan fingerprint density at radius 2 is 1.88 bits per heavy atom. The van der Waals surface area contributed by atoms with E-state index in [0.717, 1.165) is 18.7 Å². The fourth-order valence-corrected chi connectivity index (χ4v) is 3.24. The highest BCUT2D eigenvalue weighted by Crippen LogP contribution is 2.28. The van der Waals surface area contributed by atoms with Gasteiger partial charge in [0.2, 0.25) is 0 Å². The summed E-state index contributed by atoms with van der Waals surface area (Å²) in [5.74, 6) is 1.02. The van der Waals surface area contributed by atoms with Gasteiger partial charge in [-0.25, -0.2) is 4.39 Å². The molecule has 0 aliphatic rings. The molecule has 130 valence electrons. The van der Waals surface area contributed by atoms with E-state index in [2.05, 4.69) is 22.8 Å². The molecule has 0 spiro atoms. The van der Waals surface area contributed by atoms with Gasteiger partial charge in [-0.2, -0.15) is 0 Å². The number of quaternary nitrogens is 1. The average molecular weight is 358 g/mol. The van der Waals surface area contributed by atoms with Crippen LogP contribution >= 0.6 is 11.3 Å². The van der Waals surface area contributed by atoms with Gasteiger partial charge in [-0.1, -0.05) is 24.3 Å². The van der Waals surface area contributed by atoms with Crippen molar-refractivity contribution in [1.82, 2.24) is 0 Å². The Kier molecular flexibility index (Phi) is 6.04. The number of halogens is 1. The van der Waals surface area contributed by atoms with Gasteiger partial charge in [-0.05, 0) is 35.7 Å². The van der Waals surface area contributed by atoms with Crippen LogP contribution in [0.1, 0.15) is 16.0 Å². The van der Waals surface area contributed by atoms with Crippen LogP contribution in [0.15, 0.2) is 60.0 Å². The van der Waals surface area contributed by atoms with Gasteiger partial charge in [0.1, 0.15) is 25.5 Å². The highest BCUT2D eigenvalue weighted by molar-refractivity contribution is 7.09. The molecule has 3 nitrogen and oxygen atoms in total. The standard InChI is InChI=1S/C20H20FNO2S/c1-23-20-11-15(12-22-13-17-6-4-10-25-17)8-9-19(20)24-14-16-5-2-3-7-18(16)21/h2-11,22H,12-14H2,1H3/p+1. The largest absolute Gasteiger partial charge is 0.493 e. The lowest BCUT2D eigenvalue weighted by Gasteiger charge is -2.12. The molecule has 1 heterocycles. The zero-order chi connectivity index (χ0) is 17.5. The first-order valence-electron chi connectivity index (χ1n) is 8.13. The van der Waals surface area contributed by atoms with Crippen molar-refractivity contribution in [3.05, 3.63) is 81.8 Å². The number of thiophene rings is 1. The maximum atomic E-state index is 13.7. The third-order valence-corrected chi connectivity index (χ3v) is 4.77. The zero-order valence-corrected chi connectivity index (χ0v) is 14.9.